The monoisotopic (exact) mass is 286 g/mol. The normalized spacial score (nSPS) is 10.7. The quantitative estimate of drug-likeness (QED) is 0.570. The van der Waals surface area contributed by atoms with Crippen LogP contribution in [0.1, 0.15) is 20.8 Å². The lowest BCUT2D eigenvalue weighted by Crippen LogP contribution is -2.20. The molecule has 3 N–H and O–H groups in total. The molecule has 0 heterocycles. The first-order valence-corrected chi connectivity index (χ1v) is 6.47. The average molecular weight is 286 g/mol. The second-order valence-electron chi connectivity index (χ2n) is 4.70. The molecule has 1 aromatic carbocycles. The van der Waals surface area contributed by atoms with Gasteiger partial charge in [-0.3, -0.25) is 9.59 Å². The van der Waals surface area contributed by atoms with Crippen molar-refractivity contribution in [3.63, 3.8) is 0 Å². The molecular formula is C15H18N4O2. The first-order chi connectivity index (χ1) is 9.92. The van der Waals surface area contributed by atoms with Crippen LogP contribution >= 0.6 is 0 Å². The van der Waals surface area contributed by atoms with E-state index in [4.69, 9.17) is 5.26 Å². The summed E-state index contributed by atoms with van der Waals surface area (Å²) < 4.78 is 0. The number of nitrogens with zero attached hydrogens (tertiary/aromatic N) is 1. The zero-order valence-electron chi connectivity index (χ0n) is 12.2. The Balaban J connectivity index is 2.71. The Labute approximate surface area is 123 Å². The second-order valence-corrected chi connectivity index (χ2v) is 4.70. The van der Waals surface area contributed by atoms with E-state index >= 15 is 0 Å². The summed E-state index contributed by atoms with van der Waals surface area (Å²) in [5, 5.41) is 17.1. The number of rotatable bonds is 5. The van der Waals surface area contributed by atoms with E-state index in [0.717, 1.165) is 0 Å². The maximum absolute atomic E-state index is 11.9. The molecule has 0 aromatic heterocycles. The lowest BCUT2D eigenvalue weighted by molar-refractivity contribution is -0.114. The minimum Gasteiger partial charge on any atom is -0.387 e. The summed E-state index contributed by atoms with van der Waals surface area (Å²) in [5.41, 5.74) is 1.17. The van der Waals surface area contributed by atoms with Crippen molar-refractivity contribution in [1.29, 1.82) is 5.26 Å². The molecule has 0 spiro atoms. The van der Waals surface area contributed by atoms with Gasteiger partial charge in [-0.05, 0) is 38.1 Å². The first-order valence-electron chi connectivity index (χ1n) is 6.47. The van der Waals surface area contributed by atoms with Gasteiger partial charge in [-0.1, -0.05) is 0 Å². The topological polar surface area (TPSA) is 94.0 Å². The standard InChI is InChI=1S/C15H18N4O2/c1-10(2)17-9-12(8-16)15(21)19-14-6-4-13(5-7-14)18-11(3)20/h4-7,9-10,17H,1-3H3,(H,18,20)(H,19,21)/b12-9-. The van der Waals surface area contributed by atoms with Crippen LogP contribution in [0.2, 0.25) is 0 Å². The number of nitrogens with one attached hydrogen (secondary N) is 3. The Morgan fingerprint density at radius 2 is 1.67 bits per heavy atom. The molecule has 1 aromatic rings. The number of hydrogen-bond acceptors (Lipinski definition) is 4. The van der Waals surface area contributed by atoms with Crippen molar-refractivity contribution in [2.45, 2.75) is 26.8 Å². The van der Waals surface area contributed by atoms with Crippen LogP contribution in [-0.2, 0) is 9.59 Å². The number of carbonyl (C=O) groups excluding carboxylic acids is 2. The molecule has 0 saturated carbocycles. The summed E-state index contributed by atoms with van der Waals surface area (Å²) >= 11 is 0. The van der Waals surface area contributed by atoms with E-state index in [1.807, 2.05) is 19.9 Å². The van der Waals surface area contributed by atoms with E-state index in [9.17, 15) is 9.59 Å². The summed E-state index contributed by atoms with van der Waals surface area (Å²) in [6, 6.07) is 8.61. The Hall–Kier alpha value is -2.81. The van der Waals surface area contributed by atoms with Crippen molar-refractivity contribution in [3.8, 4) is 6.07 Å². The Morgan fingerprint density at radius 1 is 1.14 bits per heavy atom. The maximum Gasteiger partial charge on any atom is 0.267 e. The fraction of sp³-hybridized carbons (Fsp3) is 0.267. The zero-order valence-corrected chi connectivity index (χ0v) is 12.2. The molecule has 0 fully saturated rings. The lowest BCUT2D eigenvalue weighted by Gasteiger charge is -2.08. The van der Waals surface area contributed by atoms with Crippen LogP contribution in [0.3, 0.4) is 0 Å². The molecule has 0 saturated heterocycles. The van der Waals surface area contributed by atoms with E-state index in [0.29, 0.717) is 11.4 Å². The number of amides is 2. The summed E-state index contributed by atoms with van der Waals surface area (Å²) in [7, 11) is 0. The highest BCUT2D eigenvalue weighted by Crippen LogP contribution is 2.14. The molecule has 0 aliphatic rings. The molecule has 0 bridgehead atoms. The molecule has 0 aliphatic heterocycles. The van der Waals surface area contributed by atoms with Crippen molar-refractivity contribution in [2.75, 3.05) is 10.6 Å². The maximum atomic E-state index is 11.9. The van der Waals surface area contributed by atoms with Crippen molar-refractivity contribution in [3.05, 3.63) is 36.0 Å². The van der Waals surface area contributed by atoms with Crippen molar-refractivity contribution >= 4 is 23.2 Å². The molecule has 21 heavy (non-hydrogen) atoms. The predicted octanol–water partition coefficient (Wildman–Crippen LogP) is 1.99. The van der Waals surface area contributed by atoms with Crippen LogP contribution in [0.4, 0.5) is 11.4 Å². The van der Waals surface area contributed by atoms with Gasteiger partial charge >= 0.3 is 0 Å². The van der Waals surface area contributed by atoms with Crippen LogP contribution in [0, 0.1) is 11.3 Å². The highest BCUT2D eigenvalue weighted by atomic mass is 16.2. The van der Waals surface area contributed by atoms with Gasteiger partial charge in [0.25, 0.3) is 5.91 Å². The largest absolute Gasteiger partial charge is 0.387 e. The number of benzene rings is 1. The molecule has 110 valence electrons. The SMILES string of the molecule is CC(=O)Nc1ccc(NC(=O)/C(C#N)=C\NC(C)C)cc1. The third-order valence-corrected chi connectivity index (χ3v) is 2.39. The van der Waals surface area contributed by atoms with Crippen molar-refractivity contribution in [1.82, 2.24) is 5.32 Å². The smallest absolute Gasteiger partial charge is 0.267 e. The summed E-state index contributed by atoms with van der Waals surface area (Å²) in [5.74, 6) is -0.654. The highest BCUT2D eigenvalue weighted by Gasteiger charge is 2.09. The fourth-order valence-corrected chi connectivity index (χ4v) is 1.44. The van der Waals surface area contributed by atoms with Crippen LogP contribution in [0.25, 0.3) is 0 Å². The summed E-state index contributed by atoms with van der Waals surface area (Å²) in [6.07, 6.45) is 1.39. The lowest BCUT2D eigenvalue weighted by atomic mass is 10.2. The van der Waals surface area contributed by atoms with Gasteiger partial charge < -0.3 is 16.0 Å². The van der Waals surface area contributed by atoms with Gasteiger partial charge in [0.1, 0.15) is 11.6 Å². The van der Waals surface area contributed by atoms with Gasteiger partial charge in [0.2, 0.25) is 5.91 Å². The Kier molecular flexibility index (Phi) is 5.96. The number of anilines is 2. The minimum atomic E-state index is -0.488. The third kappa shape index (κ3) is 5.78. The van der Waals surface area contributed by atoms with Gasteiger partial charge in [0, 0.05) is 30.5 Å². The minimum absolute atomic E-state index is 0.00497. The van der Waals surface area contributed by atoms with Gasteiger partial charge in [-0.25, -0.2) is 0 Å². The van der Waals surface area contributed by atoms with Crippen LogP contribution in [0.15, 0.2) is 36.0 Å². The average Bonchev–Trinajstić information content (AvgIpc) is 2.40. The first kappa shape index (κ1) is 16.2. The van der Waals surface area contributed by atoms with Crippen LogP contribution in [0.5, 0.6) is 0 Å². The molecule has 1 rings (SSSR count). The van der Waals surface area contributed by atoms with Crippen molar-refractivity contribution in [2.24, 2.45) is 0 Å². The molecule has 6 heteroatoms. The molecule has 0 atom stereocenters. The summed E-state index contributed by atoms with van der Waals surface area (Å²) in [4.78, 5) is 22.8. The number of nitriles is 1. The molecular weight excluding hydrogens is 268 g/mol. The van der Waals surface area contributed by atoms with Crippen LogP contribution < -0.4 is 16.0 Å². The van der Waals surface area contributed by atoms with Crippen LogP contribution in [-0.4, -0.2) is 17.9 Å². The predicted molar refractivity (Wildman–Crippen MR) is 81.3 cm³/mol. The van der Waals surface area contributed by atoms with E-state index in [2.05, 4.69) is 16.0 Å². The van der Waals surface area contributed by atoms with E-state index in [-0.39, 0.29) is 17.5 Å². The van der Waals surface area contributed by atoms with E-state index < -0.39 is 5.91 Å². The summed E-state index contributed by atoms with van der Waals surface area (Å²) in [6.45, 7) is 5.23. The zero-order chi connectivity index (χ0) is 15.8. The third-order valence-electron chi connectivity index (χ3n) is 2.39. The fourth-order valence-electron chi connectivity index (χ4n) is 1.44. The highest BCUT2D eigenvalue weighted by molar-refractivity contribution is 6.06. The molecule has 0 unspecified atom stereocenters. The number of hydrogen-bond donors (Lipinski definition) is 3. The molecule has 0 aliphatic carbocycles. The van der Waals surface area contributed by atoms with E-state index in [1.54, 1.807) is 24.3 Å². The van der Waals surface area contributed by atoms with E-state index in [1.165, 1.54) is 13.1 Å². The van der Waals surface area contributed by atoms with Gasteiger partial charge in [0.05, 0.1) is 0 Å². The Bertz CT molecular complexity index is 583. The Morgan fingerprint density at radius 3 is 2.10 bits per heavy atom. The van der Waals surface area contributed by atoms with Gasteiger partial charge in [-0.2, -0.15) is 5.26 Å². The van der Waals surface area contributed by atoms with Gasteiger partial charge in [-0.15, -0.1) is 0 Å². The second kappa shape index (κ2) is 7.70. The molecule has 2 amide bonds. The number of carbonyl (C=O) groups is 2. The molecule has 6 nitrogen and oxygen atoms in total. The molecule has 0 radical (unpaired) electrons. The van der Waals surface area contributed by atoms with Crippen molar-refractivity contribution < 1.29 is 9.59 Å². The van der Waals surface area contributed by atoms with Gasteiger partial charge in [0.15, 0.2) is 0 Å².